The number of amides is 1. The van der Waals surface area contributed by atoms with E-state index in [4.69, 9.17) is 9.47 Å². The number of hydrogen-bond acceptors (Lipinski definition) is 6. The van der Waals surface area contributed by atoms with Gasteiger partial charge in [0.2, 0.25) is 0 Å². The molecule has 1 N–H and O–H groups in total. The molecule has 0 aliphatic heterocycles. The number of hydrogen-bond donors (Lipinski definition) is 1. The average molecular weight is 503 g/mol. The minimum Gasteiger partial charge on any atom is -0.497 e. The molecule has 5 aromatic rings. The Bertz CT molecular complexity index is 1480. The predicted octanol–water partition coefficient (Wildman–Crippen LogP) is 5.57. The van der Waals surface area contributed by atoms with Crippen LogP contribution in [0.15, 0.2) is 84.5 Å². The van der Waals surface area contributed by atoms with Crippen LogP contribution in [0, 0.1) is 5.82 Å². The van der Waals surface area contributed by atoms with Crippen LogP contribution in [0.3, 0.4) is 0 Å². The molecule has 0 saturated heterocycles. The number of fused-ring (bicyclic) bond motifs is 1. The summed E-state index contributed by atoms with van der Waals surface area (Å²) in [6, 6.07) is 19.0. The number of halogens is 1. The first-order valence-corrected chi connectivity index (χ1v) is 12.1. The second kappa shape index (κ2) is 10.2. The van der Waals surface area contributed by atoms with Gasteiger partial charge in [-0.2, -0.15) is 5.10 Å². The molecule has 2 atom stereocenters. The molecule has 36 heavy (non-hydrogen) atoms. The maximum absolute atomic E-state index is 13.3. The monoisotopic (exact) mass is 502 g/mol. The summed E-state index contributed by atoms with van der Waals surface area (Å²) in [5.74, 6) is 0.746. The average Bonchev–Trinajstić information content (AvgIpc) is 3.58. The molecular formula is C27H23FN4O3S. The highest BCUT2D eigenvalue weighted by molar-refractivity contribution is 7.11. The molecule has 0 unspecified atom stereocenters. The third-order valence-electron chi connectivity index (χ3n) is 5.74. The van der Waals surface area contributed by atoms with Crippen molar-refractivity contribution in [3.63, 3.8) is 0 Å². The van der Waals surface area contributed by atoms with Crippen molar-refractivity contribution in [1.82, 2.24) is 20.1 Å². The topological polar surface area (TPSA) is 78.3 Å². The zero-order chi connectivity index (χ0) is 25.1. The number of aromatic nitrogens is 3. The molecule has 0 aliphatic rings. The van der Waals surface area contributed by atoms with Crippen LogP contribution in [0.2, 0.25) is 0 Å². The number of nitrogens with zero attached hydrogens (tertiary/aromatic N) is 3. The van der Waals surface area contributed by atoms with E-state index in [-0.39, 0.29) is 17.8 Å². The maximum atomic E-state index is 13.3. The molecular weight excluding hydrogens is 479 g/mol. The van der Waals surface area contributed by atoms with Crippen molar-refractivity contribution < 1.29 is 18.7 Å². The molecule has 7 nitrogen and oxygen atoms in total. The van der Waals surface area contributed by atoms with Crippen LogP contribution in [0.25, 0.3) is 16.6 Å². The molecule has 0 radical (unpaired) electrons. The molecule has 5 rings (SSSR count). The summed E-state index contributed by atoms with van der Waals surface area (Å²) in [5, 5.41) is 10.5. The fourth-order valence-electron chi connectivity index (χ4n) is 3.98. The lowest BCUT2D eigenvalue weighted by atomic mass is 10.0. The van der Waals surface area contributed by atoms with E-state index in [0.717, 1.165) is 22.2 Å². The van der Waals surface area contributed by atoms with Crippen molar-refractivity contribution in [1.29, 1.82) is 0 Å². The fraction of sp³-hybridized carbons (Fsp3) is 0.148. The van der Waals surface area contributed by atoms with Crippen LogP contribution in [-0.4, -0.2) is 33.8 Å². The van der Waals surface area contributed by atoms with Gasteiger partial charge in [0.05, 0.1) is 30.6 Å². The first-order chi connectivity index (χ1) is 17.5. The largest absolute Gasteiger partial charge is 0.497 e. The second-order valence-corrected chi connectivity index (χ2v) is 9.06. The van der Waals surface area contributed by atoms with Gasteiger partial charge >= 0.3 is 0 Å². The van der Waals surface area contributed by atoms with E-state index < -0.39 is 6.10 Å². The Hall–Kier alpha value is -4.24. The first kappa shape index (κ1) is 23.5. The molecule has 2 aromatic heterocycles. The Kier molecular flexibility index (Phi) is 6.64. The number of carbonyl (C=O) groups is 1. The molecule has 182 valence electrons. The van der Waals surface area contributed by atoms with E-state index in [1.54, 1.807) is 41.7 Å². The van der Waals surface area contributed by atoms with Gasteiger partial charge in [-0.3, -0.25) is 4.79 Å². The SMILES string of the molecule is COc1cccc([C@@H](Oc2ccc3c(cnn3-c3ccc(F)cc3)c2)[C@H](C)NC(=O)c2nccs2)c1. The lowest BCUT2D eigenvalue weighted by Crippen LogP contribution is -2.39. The van der Waals surface area contributed by atoms with Crippen molar-refractivity contribution in [2.75, 3.05) is 7.11 Å². The quantitative estimate of drug-likeness (QED) is 0.300. The Morgan fingerprint density at radius 3 is 2.67 bits per heavy atom. The van der Waals surface area contributed by atoms with Crippen molar-refractivity contribution in [2.45, 2.75) is 19.1 Å². The second-order valence-electron chi connectivity index (χ2n) is 8.17. The van der Waals surface area contributed by atoms with Crippen molar-refractivity contribution in [3.05, 3.63) is 101 Å². The maximum Gasteiger partial charge on any atom is 0.280 e. The van der Waals surface area contributed by atoms with Crippen LogP contribution in [-0.2, 0) is 0 Å². The van der Waals surface area contributed by atoms with Crippen LogP contribution in [0.4, 0.5) is 4.39 Å². The highest BCUT2D eigenvalue weighted by Gasteiger charge is 2.25. The minimum atomic E-state index is -0.506. The smallest absolute Gasteiger partial charge is 0.280 e. The van der Waals surface area contributed by atoms with E-state index in [1.807, 2.05) is 49.4 Å². The molecule has 0 fully saturated rings. The van der Waals surface area contributed by atoms with Gasteiger partial charge in [0.15, 0.2) is 5.01 Å². The van der Waals surface area contributed by atoms with Crippen molar-refractivity contribution in [2.24, 2.45) is 0 Å². The number of thiazole rings is 1. The standard InChI is InChI=1S/C27H23FN4O3S/c1-17(31-26(33)27-29-12-13-36-27)25(18-4-3-5-22(14-18)34-2)35-23-10-11-24-19(15-23)16-30-32(24)21-8-6-20(28)7-9-21/h3-17,25H,1-2H3,(H,31,33)/t17-,25-/m0/s1. The number of ether oxygens (including phenoxy) is 2. The summed E-state index contributed by atoms with van der Waals surface area (Å²) >= 11 is 1.28. The van der Waals surface area contributed by atoms with Gasteiger partial charge in [-0.15, -0.1) is 11.3 Å². The summed E-state index contributed by atoms with van der Waals surface area (Å²) in [6.07, 6.45) is 2.83. The van der Waals surface area contributed by atoms with Gasteiger partial charge in [0, 0.05) is 17.0 Å². The van der Waals surface area contributed by atoms with E-state index in [2.05, 4.69) is 15.4 Å². The number of nitrogens with one attached hydrogen (secondary N) is 1. The van der Waals surface area contributed by atoms with Gasteiger partial charge in [-0.05, 0) is 67.1 Å². The van der Waals surface area contributed by atoms with Gasteiger partial charge in [-0.1, -0.05) is 12.1 Å². The molecule has 0 aliphatic carbocycles. The molecule has 1 amide bonds. The van der Waals surface area contributed by atoms with Crippen molar-refractivity contribution in [3.8, 4) is 17.2 Å². The Labute approximate surface area is 211 Å². The fourth-order valence-corrected chi connectivity index (χ4v) is 4.51. The number of carbonyl (C=O) groups excluding carboxylic acids is 1. The molecule has 3 aromatic carbocycles. The van der Waals surface area contributed by atoms with Gasteiger partial charge in [0.25, 0.3) is 5.91 Å². The van der Waals surface area contributed by atoms with E-state index in [1.165, 1.54) is 23.5 Å². The lowest BCUT2D eigenvalue weighted by Gasteiger charge is -2.26. The minimum absolute atomic E-state index is 0.259. The summed E-state index contributed by atoms with van der Waals surface area (Å²) in [4.78, 5) is 16.8. The third kappa shape index (κ3) is 4.92. The molecule has 0 spiro atoms. The number of benzene rings is 3. The summed E-state index contributed by atoms with van der Waals surface area (Å²) in [6.45, 7) is 1.89. The molecule has 0 saturated carbocycles. The molecule has 9 heteroatoms. The third-order valence-corrected chi connectivity index (χ3v) is 6.51. The number of rotatable bonds is 8. The van der Waals surface area contributed by atoms with Gasteiger partial charge in [0.1, 0.15) is 23.4 Å². The predicted molar refractivity (Wildman–Crippen MR) is 136 cm³/mol. The van der Waals surface area contributed by atoms with E-state index in [9.17, 15) is 9.18 Å². The molecule has 0 bridgehead atoms. The van der Waals surface area contributed by atoms with E-state index >= 15 is 0 Å². The highest BCUT2D eigenvalue weighted by Crippen LogP contribution is 2.30. The van der Waals surface area contributed by atoms with Crippen molar-refractivity contribution >= 4 is 28.1 Å². The first-order valence-electron chi connectivity index (χ1n) is 11.3. The van der Waals surface area contributed by atoms with Crippen LogP contribution in [0.5, 0.6) is 11.5 Å². The summed E-state index contributed by atoms with van der Waals surface area (Å²) < 4.78 is 26.9. The molecule has 2 heterocycles. The zero-order valence-electron chi connectivity index (χ0n) is 19.6. The Balaban J connectivity index is 1.44. The zero-order valence-corrected chi connectivity index (χ0v) is 20.4. The Morgan fingerprint density at radius 2 is 1.92 bits per heavy atom. The van der Waals surface area contributed by atoms with Crippen LogP contribution >= 0.6 is 11.3 Å². The van der Waals surface area contributed by atoms with Gasteiger partial charge < -0.3 is 14.8 Å². The highest BCUT2D eigenvalue weighted by atomic mass is 32.1. The summed E-state index contributed by atoms with van der Waals surface area (Å²) in [7, 11) is 1.61. The Morgan fingerprint density at radius 1 is 1.08 bits per heavy atom. The van der Waals surface area contributed by atoms with Crippen LogP contribution in [0.1, 0.15) is 28.4 Å². The van der Waals surface area contributed by atoms with Crippen LogP contribution < -0.4 is 14.8 Å². The van der Waals surface area contributed by atoms with Gasteiger partial charge in [-0.25, -0.2) is 14.1 Å². The number of methoxy groups -OCH3 is 1. The summed E-state index contributed by atoms with van der Waals surface area (Å²) in [5.41, 5.74) is 2.47. The lowest BCUT2D eigenvalue weighted by molar-refractivity contribution is 0.0881. The normalized spacial score (nSPS) is 12.8. The van der Waals surface area contributed by atoms with E-state index in [0.29, 0.717) is 16.5 Å².